The molecule has 1 saturated carbocycles. The first-order valence-corrected chi connectivity index (χ1v) is 8.47. The Balaban J connectivity index is 1.46. The van der Waals surface area contributed by atoms with Crippen LogP contribution in [0.4, 0.5) is 4.79 Å². The maximum atomic E-state index is 12.2. The largest absolute Gasteiger partial charge is 0.333 e. The molecule has 4 nitrogen and oxygen atoms in total. The standard InChI is InChI=1S/C15H23N3OS/c19-14(16-12-13-4-9-17-20-13)18-10-7-15(8-11-18)5-2-1-3-6-15/h4,9H,1-3,5-8,10-12H2,(H,16,19). The van der Waals surface area contributed by atoms with Crippen LogP contribution in [0.25, 0.3) is 0 Å². The molecule has 2 amide bonds. The summed E-state index contributed by atoms with van der Waals surface area (Å²) in [5.74, 6) is 0. The third-order valence-electron chi connectivity index (χ3n) is 4.93. The van der Waals surface area contributed by atoms with Crippen molar-refractivity contribution < 1.29 is 4.79 Å². The lowest BCUT2D eigenvalue weighted by Gasteiger charge is -2.44. The van der Waals surface area contributed by atoms with Gasteiger partial charge in [0.15, 0.2) is 0 Å². The SMILES string of the molecule is O=C(NCc1ccns1)N1CCC2(CCCCC2)CC1. The minimum atomic E-state index is 0.0871. The first-order chi connectivity index (χ1) is 9.77. The molecular formula is C15H23N3OS. The van der Waals surface area contributed by atoms with E-state index in [1.54, 1.807) is 6.20 Å². The number of urea groups is 1. The third-order valence-corrected chi connectivity index (χ3v) is 5.67. The van der Waals surface area contributed by atoms with Crippen LogP contribution in [0.3, 0.4) is 0 Å². The van der Waals surface area contributed by atoms with Gasteiger partial charge in [0.25, 0.3) is 0 Å². The van der Waals surface area contributed by atoms with Gasteiger partial charge in [-0.3, -0.25) is 0 Å². The number of carbonyl (C=O) groups is 1. The molecule has 1 aliphatic heterocycles. The highest BCUT2D eigenvalue weighted by atomic mass is 32.1. The molecule has 1 N–H and O–H groups in total. The highest BCUT2D eigenvalue weighted by Crippen LogP contribution is 2.44. The Morgan fingerprint density at radius 2 is 2.00 bits per heavy atom. The first-order valence-electron chi connectivity index (χ1n) is 7.70. The topological polar surface area (TPSA) is 45.2 Å². The van der Waals surface area contributed by atoms with Crippen LogP contribution in [0.15, 0.2) is 12.3 Å². The van der Waals surface area contributed by atoms with E-state index in [0.29, 0.717) is 12.0 Å². The van der Waals surface area contributed by atoms with Crippen molar-refractivity contribution in [1.29, 1.82) is 0 Å². The molecule has 1 aromatic rings. The molecule has 110 valence electrons. The summed E-state index contributed by atoms with van der Waals surface area (Å²) >= 11 is 1.45. The Hall–Kier alpha value is -1.10. The molecule has 0 aromatic carbocycles. The minimum Gasteiger partial charge on any atom is -0.333 e. The van der Waals surface area contributed by atoms with Crippen molar-refractivity contribution in [3.8, 4) is 0 Å². The van der Waals surface area contributed by atoms with Crippen molar-refractivity contribution >= 4 is 17.6 Å². The molecule has 2 aliphatic rings. The summed E-state index contributed by atoms with van der Waals surface area (Å²) in [6.45, 7) is 2.45. The number of aromatic nitrogens is 1. The van der Waals surface area contributed by atoms with Crippen LogP contribution >= 0.6 is 11.5 Å². The zero-order chi connectivity index (χ0) is 13.8. The third kappa shape index (κ3) is 3.14. The predicted molar refractivity (Wildman–Crippen MR) is 80.7 cm³/mol. The normalized spacial score (nSPS) is 21.9. The molecule has 0 atom stereocenters. The lowest BCUT2D eigenvalue weighted by molar-refractivity contribution is 0.0811. The molecule has 0 radical (unpaired) electrons. The molecule has 5 heteroatoms. The molecule has 20 heavy (non-hydrogen) atoms. The molecule has 3 rings (SSSR count). The van der Waals surface area contributed by atoms with Crippen LogP contribution in [-0.2, 0) is 6.54 Å². The van der Waals surface area contributed by atoms with Crippen LogP contribution in [0.1, 0.15) is 49.8 Å². The van der Waals surface area contributed by atoms with E-state index < -0.39 is 0 Å². The van der Waals surface area contributed by atoms with Crippen LogP contribution < -0.4 is 5.32 Å². The summed E-state index contributed by atoms with van der Waals surface area (Å²) in [6.07, 6.45) is 11.1. The second kappa shape index (κ2) is 6.12. The molecule has 1 saturated heterocycles. The zero-order valence-electron chi connectivity index (χ0n) is 11.9. The summed E-state index contributed by atoms with van der Waals surface area (Å²) in [5.41, 5.74) is 0.562. The van der Waals surface area contributed by atoms with Gasteiger partial charge in [-0.15, -0.1) is 0 Å². The van der Waals surface area contributed by atoms with E-state index in [1.165, 1.54) is 56.5 Å². The van der Waals surface area contributed by atoms with Crippen molar-refractivity contribution in [3.63, 3.8) is 0 Å². The van der Waals surface area contributed by atoms with Gasteiger partial charge in [0.2, 0.25) is 0 Å². The maximum Gasteiger partial charge on any atom is 0.317 e. The van der Waals surface area contributed by atoms with Crippen LogP contribution in [0, 0.1) is 5.41 Å². The molecular weight excluding hydrogens is 270 g/mol. The molecule has 1 spiro atoms. The zero-order valence-corrected chi connectivity index (χ0v) is 12.8. The smallest absolute Gasteiger partial charge is 0.317 e. The van der Waals surface area contributed by atoms with Gasteiger partial charge in [0, 0.05) is 24.2 Å². The molecule has 2 heterocycles. The number of amides is 2. The summed E-state index contributed by atoms with van der Waals surface area (Å²) in [4.78, 5) is 15.3. The van der Waals surface area contributed by atoms with Gasteiger partial charge < -0.3 is 10.2 Å². The number of nitrogens with one attached hydrogen (secondary N) is 1. The van der Waals surface area contributed by atoms with E-state index in [9.17, 15) is 4.79 Å². The van der Waals surface area contributed by atoms with Gasteiger partial charge in [0.1, 0.15) is 0 Å². The number of piperidine rings is 1. The van der Waals surface area contributed by atoms with Gasteiger partial charge in [-0.25, -0.2) is 9.17 Å². The molecule has 2 fully saturated rings. The molecule has 0 unspecified atom stereocenters. The monoisotopic (exact) mass is 293 g/mol. The van der Waals surface area contributed by atoms with Gasteiger partial charge in [0.05, 0.1) is 6.54 Å². The van der Waals surface area contributed by atoms with Gasteiger partial charge in [-0.1, -0.05) is 19.3 Å². The number of carbonyl (C=O) groups excluding carboxylic acids is 1. The summed E-state index contributed by atoms with van der Waals surface area (Å²) in [6, 6.07) is 2.04. The average molecular weight is 293 g/mol. The van der Waals surface area contributed by atoms with E-state index in [0.717, 1.165) is 18.0 Å². The first kappa shape index (κ1) is 13.9. The quantitative estimate of drug-likeness (QED) is 0.908. The fourth-order valence-electron chi connectivity index (χ4n) is 3.59. The predicted octanol–water partition coefficient (Wildman–Crippen LogP) is 3.40. The van der Waals surface area contributed by atoms with E-state index in [1.807, 2.05) is 11.0 Å². The van der Waals surface area contributed by atoms with Crippen molar-refractivity contribution in [3.05, 3.63) is 17.1 Å². The number of rotatable bonds is 2. The average Bonchev–Trinajstić information content (AvgIpc) is 3.00. The summed E-state index contributed by atoms with van der Waals surface area (Å²) in [5, 5.41) is 3.00. The van der Waals surface area contributed by atoms with Crippen LogP contribution in [0.5, 0.6) is 0 Å². The fraction of sp³-hybridized carbons (Fsp3) is 0.733. The van der Waals surface area contributed by atoms with Gasteiger partial charge >= 0.3 is 6.03 Å². The van der Waals surface area contributed by atoms with Crippen LogP contribution in [0.2, 0.25) is 0 Å². The highest BCUT2D eigenvalue weighted by molar-refractivity contribution is 7.05. The lowest BCUT2D eigenvalue weighted by Crippen LogP contribution is -2.47. The van der Waals surface area contributed by atoms with Crippen molar-refractivity contribution in [1.82, 2.24) is 14.6 Å². The Morgan fingerprint density at radius 3 is 2.65 bits per heavy atom. The van der Waals surface area contributed by atoms with Gasteiger partial charge in [-0.05, 0) is 48.7 Å². The maximum absolute atomic E-state index is 12.2. The van der Waals surface area contributed by atoms with E-state index in [2.05, 4.69) is 9.69 Å². The lowest BCUT2D eigenvalue weighted by atomic mass is 9.68. The van der Waals surface area contributed by atoms with E-state index in [-0.39, 0.29) is 6.03 Å². The molecule has 0 bridgehead atoms. The number of hydrogen-bond donors (Lipinski definition) is 1. The van der Waals surface area contributed by atoms with Gasteiger partial charge in [-0.2, -0.15) is 0 Å². The van der Waals surface area contributed by atoms with Crippen molar-refractivity contribution in [2.45, 2.75) is 51.5 Å². The Labute approximate surface area is 124 Å². The van der Waals surface area contributed by atoms with Crippen molar-refractivity contribution in [2.24, 2.45) is 5.41 Å². The summed E-state index contributed by atoms with van der Waals surface area (Å²) < 4.78 is 4.05. The Bertz CT molecular complexity index is 430. The second-order valence-corrected chi connectivity index (χ2v) is 7.10. The highest BCUT2D eigenvalue weighted by Gasteiger charge is 2.36. The molecule has 1 aromatic heterocycles. The summed E-state index contributed by atoms with van der Waals surface area (Å²) in [7, 11) is 0. The minimum absolute atomic E-state index is 0.0871. The second-order valence-electron chi connectivity index (χ2n) is 6.19. The van der Waals surface area contributed by atoms with Crippen molar-refractivity contribution in [2.75, 3.05) is 13.1 Å². The number of nitrogens with zero attached hydrogens (tertiary/aromatic N) is 2. The number of hydrogen-bond acceptors (Lipinski definition) is 3. The van der Waals surface area contributed by atoms with E-state index >= 15 is 0 Å². The Kier molecular flexibility index (Phi) is 4.24. The molecule has 1 aliphatic carbocycles. The van der Waals surface area contributed by atoms with E-state index in [4.69, 9.17) is 0 Å². The number of likely N-dealkylation sites (tertiary alicyclic amines) is 1. The van der Waals surface area contributed by atoms with Crippen LogP contribution in [-0.4, -0.2) is 28.4 Å². The fourth-order valence-corrected chi connectivity index (χ4v) is 4.11. The Morgan fingerprint density at radius 1 is 1.25 bits per heavy atom.